The van der Waals surface area contributed by atoms with E-state index in [1.807, 2.05) is 0 Å². The third-order valence-electron chi connectivity index (χ3n) is 3.30. The summed E-state index contributed by atoms with van der Waals surface area (Å²) >= 11 is 0. The van der Waals surface area contributed by atoms with E-state index in [1.165, 1.54) is 12.5 Å². The van der Waals surface area contributed by atoms with Crippen molar-refractivity contribution >= 4 is 10.0 Å². The molecule has 3 N–H and O–H groups in total. The molecule has 0 amide bonds. The minimum absolute atomic E-state index is 0.0640. The molecule has 0 fully saturated rings. The van der Waals surface area contributed by atoms with Crippen molar-refractivity contribution in [3.63, 3.8) is 0 Å². The van der Waals surface area contributed by atoms with Crippen LogP contribution in [0.4, 0.5) is 0 Å². The molecule has 0 spiro atoms. The van der Waals surface area contributed by atoms with Crippen LogP contribution < -0.4 is 10.5 Å². The van der Waals surface area contributed by atoms with Gasteiger partial charge in [0, 0.05) is 6.54 Å². The van der Waals surface area contributed by atoms with Gasteiger partial charge in [-0.25, -0.2) is 13.1 Å². The lowest BCUT2D eigenvalue weighted by Crippen LogP contribution is -2.33. The molecule has 20 heavy (non-hydrogen) atoms. The van der Waals surface area contributed by atoms with Crippen LogP contribution in [0.1, 0.15) is 52.2 Å². The average Bonchev–Trinajstić information content (AvgIpc) is 2.86. The number of furan rings is 1. The molecule has 5 nitrogen and oxygen atoms in total. The van der Waals surface area contributed by atoms with E-state index in [1.54, 1.807) is 6.07 Å². The Kier molecular flexibility index (Phi) is 6.23. The van der Waals surface area contributed by atoms with Crippen LogP contribution in [0.15, 0.2) is 21.6 Å². The fraction of sp³-hybridized carbons (Fsp3) is 0.714. The van der Waals surface area contributed by atoms with Crippen molar-refractivity contribution in [2.45, 2.75) is 58.1 Å². The van der Waals surface area contributed by atoms with Gasteiger partial charge >= 0.3 is 0 Å². The van der Waals surface area contributed by atoms with E-state index < -0.39 is 10.0 Å². The second kappa shape index (κ2) is 7.24. The van der Waals surface area contributed by atoms with Gasteiger partial charge in [-0.2, -0.15) is 0 Å². The quantitative estimate of drug-likeness (QED) is 0.687. The molecule has 0 bridgehead atoms. The highest BCUT2D eigenvalue weighted by atomic mass is 32.2. The van der Waals surface area contributed by atoms with Gasteiger partial charge < -0.3 is 10.2 Å². The van der Waals surface area contributed by atoms with Crippen LogP contribution in [-0.4, -0.2) is 15.0 Å². The van der Waals surface area contributed by atoms with E-state index >= 15 is 0 Å². The molecular weight excluding hydrogens is 276 g/mol. The van der Waals surface area contributed by atoms with Gasteiger partial charge in [0.1, 0.15) is 5.76 Å². The van der Waals surface area contributed by atoms with Gasteiger partial charge in [0.2, 0.25) is 5.09 Å². The number of hydrogen-bond donors (Lipinski definition) is 2. The number of sulfonamides is 1. The second-order valence-electron chi connectivity index (χ2n) is 5.87. The standard InChI is InChI=1S/C14H26N2O3S/c1-4-5-6-9-14(2,3)11-16-20(17,18)13-8-7-12(10-15)19-13/h7-8,16H,4-6,9-11,15H2,1-3H3. The third-order valence-corrected chi connectivity index (χ3v) is 4.57. The second-order valence-corrected chi connectivity index (χ2v) is 7.57. The minimum atomic E-state index is -3.59. The highest BCUT2D eigenvalue weighted by Gasteiger charge is 2.24. The molecule has 0 saturated heterocycles. The van der Waals surface area contributed by atoms with E-state index in [2.05, 4.69) is 25.5 Å². The number of nitrogens with one attached hydrogen (secondary N) is 1. The monoisotopic (exact) mass is 302 g/mol. The Morgan fingerprint density at radius 1 is 1.30 bits per heavy atom. The van der Waals surface area contributed by atoms with Gasteiger partial charge in [-0.15, -0.1) is 0 Å². The normalized spacial score (nSPS) is 12.8. The fourth-order valence-corrected chi connectivity index (χ4v) is 3.10. The lowest BCUT2D eigenvalue weighted by atomic mass is 9.87. The van der Waals surface area contributed by atoms with Crippen LogP contribution in [0.2, 0.25) is 0 Å². The van der Waals surface area contributed by atoms with E-state index in [-0.39, 0.29) is 17.1 Å². The molecule has 0 atom stereocenters. The first-order valence-corrected chi connectivity index (χ1v) is 8.57. The van der Waals surface area contributed by atoms with Crippen LogP contribution in [0.25, 0.3) is 0 Å². The largest absolute Gasteiger partial charge is 0.447 e. The van der Waals surface area contributed by atoms with Crippen LogP contribution in [0.3, 0.4) is 0 Å². The SMILES string of the molecule is CCCCCC(C)(C)CNS(=O)(=O)c1ccc(CN)o1. The van der Waals surface area contributed by atoms with Crippen LogP contribution >= 0.6 is 0 Å². The van der Waals surface area contributed by atoms with Crippen molar-refractivity contribution in [3.8, 4) is 0 Å². The smallest absolute Gasteiger partial charge is 0.273 e. The van der Waals surface area contributed by atoms with E-state index in [9.17, 15) is 8.42 Å². The van der Waals surface area contributed by atoms with Gasteiger partial charge in [-0.1, -0.05) is 40.0 Å². The van der Waals surface area contributed by atoms with Crippen LogP contribution in [-0.2, 0) is 16.6 Å². The summed E-state index contributed by atoms with van der Waals surface area (Å²) < 4.78 is 32.0. The molecule has 6 heteroatoms. The molecule has 0 saturated carbocycles. The Hall–Kier alpha value is -0.850. The first-order chi connectivity index (χ1) is 9.30. The van der Waals surface area contributed by atoms with Gasteiger partial charge in [-0.05, 0) is 24.0 Å². The summed E-state index contributed by atoms with van der Waals surface area (Å²) in [4.78, 5) is 0. The van der Waals surface area contributed by atoms with E-state index in [0.29, 0.717) is 12.3 Å². The maximum atomic E-state index is 12.1. The summed E-state index contributed by atoms with van der Waals surface area (Å²) in [5.41, 5.74) is 5.34. The molecule has 1 aromatic heterocycles. The Bertz CT molecular complexity index is 506. The Morgan fingerprint density at radius 3 is 2.55 bits per heavy atom. The summed E-state index contributed by atoms with van der Waals surface area (Å²) in [7, 11) is -3.59. The molecule has 0 radical (unpaired) electrons. The number of unbranched alkanes of at least 4 members (excludes halogenated alkanes) is 2. The van der Waals surface area contributed by atoms with Crippen molar-refractivity contribution in [1.29, 1.82) is 0 Å². The number of hydrogen-bond acceptors (Lipinski definition) is 4. The Morgan fingerprint density at radius 2 is 2.00 bits per heavy atom. The zero-order valence-corrected chi connectivity index (χ0v) is 13.4. The van der Waals surface area contributed by atoms with Gasteiger partial charge in [0.15, 0.2) is 0 Å². The van der Waals surface area contributed by atoms with Gasteiger partial charge in [0.05, 0.1) is 6.54 Å². The lowest BCUT2D eigenvalue weighted by Gasteiger charge is -2.24. The first kappa shape index (κ1) is 17.2. The van der Waals surface area contributed by atoms with Crippen molar-refractivity contribution < 1.29 is 12.8 Å². The van der Waals surface area contributed by atoms with Crippen molar-refractivity contribution in [2.75, 3.05) is 6.54 Å². The van der Waals surface area contributed by atoms with Crippen molar-refractivity contribution in [3.05, 3.63) is 17.9 Å². The Labute approximate surface area is 122 Å². The predicted octanol–water partition coefficient (Wildman–Crippen LogP) is 2.62. The fourth-order valence-electron chi connectivity index (χ4n) is 1.92. The molecule has 0 aliphatic carbocycles. The van der Waals surface area contributed by atoms with E-state index in [0.717, 1.165) is 19.3 Å². The van der Waals surface area contributed by atoms with Crippen LogP contribution in [0.5, 0.6) is 0 Å². The molecule has 0 aliphatic rings. The third kappa shape index (κ3) is 5.26. The summed E-state index contributed by atoms with van der Waals surface area (Å²) in [5.74, 6) is 0.465. The number of nitrogens with two attached hydrogens (primary N) is 1. The summed E-state index contributed by atoms with van der Waals surface area (Å²) in [6, 6.07) is 3.02. The first-order valence-electron chi connectivity index (χ1n) is 7.09. The molecule has 0 unspecified atom stereocenters. The summed E-state index contributed by atoms with van der Waals surface area (Å²) in [6.45, 7) is 6.88. The van der Waals surface area contributed by atoms with Crippen molar-refractivity contribution in [1.82, 2.24) is 4.72 Å². The van der Waals surface area contributed by atoms with E-state index in [4.69, 9.17) is 10.2 Å². The molecule has 116 valence electrons. The topological polar surface area (TPSA) is 85.3 Å². The van der Waals surface area contributed by atoms with Gasteiger partial charge in [0.25, 0.3) is 10.0 Å². The molecular formula is C14H26N2O3S. The maximum Gasteiger partial charge on any atom is 0.273 e. The lowest BCUT2D eigenvalue weighted by molar-refractivity contribution is 0.318. The van der Waals surface area contributed by atoms with Crippen molar-refractivity contribution in [2.24, 2.45) is 11.1 Å². The maximum absolute atomic E-state index is 12.1. The Balaban J connectivity index is 2.58. The summed E-state index contributed by atoms with van der Waals surface area (Å²) in [6.07, 6.45) is 4.45. The highest BCUT2D eigenvalue weighted by molar-refractivity contribution is 7.89. The summed E-state index contributed by atoms with van der Waals surface area (Å²) in [5, 5.41) is -0.0673. The molecule has 1 rings (SSSR count). The molecule has 1 heterocycles. The zero-order chi connectivity index (χ0) is 15.2. The van der Waals surface area contributed by atoms with Crippen LogP contribution in [0, 0.1) is 5.41 Å². The average molecular weight is 302 g/mol. The van der Waals surface area contributed by atoms with Gasteiger partial charge in [-0.3, -0.25) is 0 Å². The molecule has 1 aromatic rings. The minimum Gasteiger partial charge on any atom is -0.447 e. The predicted molar refractivity (Wildman–Crippen MR) is 79.7 cm³/mol. The highest BCUT2D eigenvalue weighted by Crippen LogP contribution is 2.23. The molecule has 0 aliphatic heterocycles. The molecule has 0 aromatic carbocycles. The zero-order valence-electron chi connectivity index (χ0n) is 12.6. The number of rotatable bonds is 9.